The number of hydrogen-bond acceptors (Lipinski definition) is 0. The normalized spacial score (nSPS) is 15.8. The lowest BCUT2D eigenvalue weighted by atomic mass is 9.65. The van der Waals surface area contributed by atoms with Crippen molar-refractivity contribution in [2.24, 2.45) is 0 Å². The van der Waals surface area contributed by atoms with E-state index in [9.17, 15) is 0 Å². The molecule has 0 aliphatic heterocycles. The SMILES string of the molecule is CC.Cc1ccc(C2(C3=CC=CCC3)c3ccccc3-c3ccccc32)cc1. The lowest BCUT2D eigenvalue weighted by Gasteiger charge is -2.36. The van der Waals surface area contributed by atoms with Crippen LogP contribution in [0.2, 0.25) is 0 Å². The van der Waals surface area contributed by atoms with Crippen molar-refractivity contribution in [3.05, 3.63) is 119 Å². The van der Waals surface area contributed by atoms with Crippen LogP contribution in [0.1, 0.15) is 48.9 Å². The summed E-state index contributed by atoms with van der Waals surface area (Å²) in [7, 11) is 0. The first kappa shape index (κ1) is 18.5. The quantitative estimate of drug-likeness (QED) is 0.439. The highest BCUT2D eigenvalue weighted by molar-refractivity contribution is 5.86. The van der Waals surface area contributed by atoms with Gasteiger partial charge in [0.15, 0.2) is 0 Å². The molecule has 3 aromatic carbocycles. The van der Waals surface area contributed by atoms with Crippen LogP contribution >= 0.6 is 0 Å². The van der Waals surface area contributed by atoms with Crippen LogP contribution in [0.25, 0.3) is 11.1 Å². The summed E-state index contributed by atoms with van der Waals surface area (Å²) < 4.78 is 0. The molecule has 0 bridgehead atoms. The van der Waals surface area contributed by atoms with E-state index in [1.165, 1.54) is 39.0 Å². The van der Waals surface area contributed by atoms with E-state index in [0.29, 0.717) is 0 Å². The van der Waals surface area contributed by atoms with Crippen LogP contribution in [-0.4, -0.2) is 0 Å². The molecule has 140 valence electrons. The summed E-state index contributed by atoms with van der Waals surface area (Å²) in [6.45, 7) is 6.16. The van der Waals surface area contributed by atoms with Gasteiger partial charge in [-0.2, -0.15) is 0 Å². The van der Waals surface area contributed by atoms with Gasteiger partial charge in [-0.3, -0.25) is 0 Å². The van der Waals surface area contributed by atoms with Gasteiger partial charge in [0.05, 0.1) is 5.41 Å². The molecule has 0 saturated heterocycles. The van der Waals surface area contributed by atoms with Crippen LogP contribution in [0, 0.1) is 6.92 Å². The average Bonchev–Trinajstić information content (AvgIpc) is 3.08. The highest BCUT2D eigenvalue weighted by atomic mass is 14.5. The van der Waals surface area contributed by atoms with Gasteiger partial charge in [0.25, 0.3) is 0 Å². The van der Waals surface area contributed by atoms with Crippen molar-refractivity contribution in [3.8, 4) is 11.1 Å². The Bertz CT molecular complexity index is 986. The Morgan fingerprint density at radius 2 is 1.29 bits per heavy atom. The van der Waals surface area contributed by atoms with Crippen molar-refractivity contribution in [2.75, 3.05) is 0 Å². The lowest BCUT2D eigenvalue weighted by Crippen LogP contribution is -2.30. The number of aryl methyl sites for hydroxylation is 1. The molecule has 0 heterocycles. The van der Waals surface area contributed by atoms with E-state index in [2.05, 4.69) is 97.9 Å². The van der Waals surface area contributed by atoms with Crippen LogP contribution in [-0.2, 0) is 5.41 Å². The molecule has 0 aromatic heterocycles. The molecule has 0 spiro atoms. The minimum Gasteiger partial charge on any atom is -0.0842 e. The molecule has 0 unspecified atom stereocenters. The van der Waals surface area contributed by atoms with Gasteiger partial charge in [0, 0.05) is 0 Å². The third-order valence-electron chi connectivity index (χ3n) is 5.93. The van der Waals surface area contributed by atoms with Crippen molar-refractivity contribution < 1.29 is 0 Å². The predicted octanol–water partition coefficient (Wildman–Crippen LogP) is 7.61. The summed E-state index contributed by atoms with van der Waals surface area (Å²) in [5, 5.41) is 0. The average molecular weight is 365 g/mol. The molecule has 0 saturated carbocycles. The third-order valence-corrected chi connectivity index (χ3v) is 5.93. The molecule has 0 amide bonds. The minimum absolute atomic E-state index is 0.175. The second-order valence-electron chi connectivity index (χ2n) is 7.37. The fraction of sp³-hybridized carbons (Fsp3) is 0.214. The van der Waals surface area contributed by atoms with Crippen LogP contribution in [0.4, 0.5) is 0 Å². The van der Waals surface area contributed by atoms with Crippen molar-refractivity contribution in [2.45, 2.75) is 39.0 Å². The number of fused-ring (bicyclic) bond motifs is 3. The van der Waals surface area contributed by atoms with E-state index in [4.69, 9.17) is 0 Å². The molecule has 0 radical (unpaired) electrons. The molecule has 0 nitrogen and oxygen atoms in total. The fourth-order valence-electron chi connectivity index (χ4n) is 4.80. The third kappa shape index (κ3) is 2.67. The van der Waals surface area contributed by atoms with Gasteiger partial charge in [-0.1, -0.05) is 116 Å². The Morgan fingerprint density at radius 1 is 0.714 bits per heavy atom. The second kappa shape index (κ2) is 7.64. The van der Waals surface area contributed by atoms with Gasteiger partial charge < -0.3 is 0 Å². The molecule has 0 N–H and O–H groups in total. The van der Waals surface area contributed by atoms with Crippen molar-refractivity contribution >= 4 is 0 Å². The molecular weight excluding hydrogens is 336 g/mol. The molecule has 3 aromatic rings. The van der Waals surface area contributed by atoms with Gasteiger partial charge >= 0.3 is 0 Å². The molecular formula is C28H28. The number of hydrogen-bond donors (Lipinski definition) is 0. The first-order chi connectivity index (χ1) is 13.8. The molecule has 5 rings (SSSR count). The topological polar surface area (TPSA) is 0 Å². The molecule has 2 aliphatic carbocycles. The molecule has 0 fully saturated rings. The smallest absolute Gasteiger partial charge is 0.0676 e. The largest absolute Gasteiger partial charge is 0.0842 e. The highest BCUT2D eigenvalue weighted by Crippen LogP contribution is 2.57. The number of rotatable bonds is 2. The summed E-state index contributed by atoms with van der Waals surface area (Å²) in [4.78, 5) is 0. The Balaban J connectivity index is 0.000000932. The van der Waals surface area contributed by atoms with Crippen molar-refractivity contribution in [1.29, 1.82) is 0 Å². The van der Waals surface area contributed by atoms with E-state index < -0.39 is 0 Å². The zero-order chi connectivity index (χ0) is 19.6. The van der Waals surface area contributed by atoms with E-state index in [-0.39, 0.29) is 5.41 Å². The summed E-state index contributed by atoms with van der Waals surface area (Å²) in [6.07, 6.45) is 9.08. The summed E-state index contributed by atoms with van der Waals surface area (Å²) in [5.74, 6) is 0. The molecule has 0 heteroatoms. The minimum atomic E-state index is -0.175. The summed E-state index contributed by atoms with van der Waals surface area (Å²) in [5.41, 5.74) is 9.60. The van der Waals surface area contributed by atoms with E-state index in [0.717, 1.165) is 12.8 Å². The lowest BCUT2D eigenvalue weighted by molar-refractivity contribution is 0.692. The Morgan fingerprint density at radius 3 is 1.82 bits per heavy atom. The summed E-state index contributed by atoms with van der Waals surface area (Å²) in [6, 6.07) is 27.1. The highest BCUT2D eigenvalue weighted by Gasteiger charge is 2.46. The Kier molecular flexibility index (Phi) is 5.05. The molecule has 2 aliphatic rings. The van der Waals surface area contributed by atoms with E-state index >= 15 is 0 Å². The predicted molar refractivity (Wildman–Crippen MR) is 121 cm³/mol. The van der Waals surface area contributed by atoms with Crippen LogP contribution < -0.4 is 0 Å². The van der Waals surface area contributed by atoms with Gasteiger partial charge in [0.1, 0.15) is 0 Å². The second-order valence-corrected chi connectivity index (χ2v) is 7.37. The molecule has 28 heavy (non-hydrogen) atoms. The van der Waals surface area contributed by atoms with Gasteiger partial charge in [-0.15, -0.1) is 0 Å². The fourth-order valence-corrected chi connectivity index (χ4v) is 4.80. The van der Waals surface area contributed by atoms with E-state index in [1.54, 1.807) is 0 Å². The van der Waals surface area contributed by atoms with Crippen LogP contribution in [0.15, 0.2) is 96.6 Å². The zero-order valence-electron chi connectivity index (χ0n) is 17.1. The first-order valence-electron chi connectivity index (χ1n) is 10.4. The maximum atomic E-state index is 2.35. The monoisotopic (exact) mass is 364 g/mol. The summed E-state index contributed by atoms with van der Waals surface area (Å²) >= 11 is 0. The van der Waals surface area contributed by atoms with Crippen LogP contribution in [0.5, 0.6) is 0 Å². The van der Waals surface area contributed by atoms with Crippen LogP contribution in [0.3, 0.4) is 0 Å². The standard InChI is InChI=1S/C26H22.C2H6/c1-19-15-17-21(18-16-19)26(20-9-3-2-4-10-20)24-13-7-5-11-22(24)23-12-6-8-14-25(23)26;1-2/h2-3,5-9,11-18H,4,10H2,1H3;1-2H3. The van der Waals surface area contributed by atoms with Crippen molar-refractivity contribution in [1.82, 2.24) is 0 Å². The van der Waals surface area contributed by atoms with Gasteiger partial charge in [-0.05, 0) is 47.6 Å². The number of allylic oxidation sites excluding steroid dienone is 4. The Hall–Kier alpha value is -2.86. The Labute approximate surface area is 169 Å². The van der Waals surface area contributed by atoms with Crippen molar-refractivity contribution in [3.63, 3.8) is 0 Å². The maximum Gasteiger partial charge on any atom is 0.0676 e. The molecule has 0 atom stereocenters. The number of benzene rings is 3. The maximum absolute atomic E-state index is 2.35. The van der Waals surface area contributed by atoms with E-state index in [1.807, 2.05) is 13.8 Å². The zero-order valence-corrected chi connectivity index (χ0v) is 17.1. The first-order valence-corrected chi connectivity index (χ1v) is 10.4. The van der Waals surface area contributed by atoms with Gasteiger partial charge in [-0.25, -0.2) is 0 Å². The van der Waals surface area contributed by atoms with Gasteiger partial charge in [0.2, 0.25) is 0 Å².